The zero-order valence-corrected chi connectivity index (χ0v) is 18.0. The van der Waals surface area contributed by atoms with Crippen molar-refractivity contribution >= 4 is 17.6 Å². The van der Waals surface area contributed by atoms with E-state index in [-0.39, 0.29) is 22.8 Å². The largest absolute Gasteiger partial charge is 0.462 e. The van der Waals surface area contributed by atoms with Crippen LogP contribution in [0.15, 0.2) is 48.5 Å². The number of rotatable bonds is 6. The number of halogens is 8. The second-order valence-corrected chi connectivity index (χ2v) is 7.39. The monoisotopic (exact) mass is 505 g/mol. The molecule has 0 amide bonds. The van der Waals surface area contributed by atoms with Crippen LogP contribution in [-0.2, 0) is 10.9 Å². The Morgan fingerprint density at radius 1 is 1.03 bits per heavy atom. The predicted octanol–water partition coefficient (Wildman–Crippen LogP) is 7.73. The number of hydrogen-bond donors (Lipinski definition) is 0. The molecule has 1 atom stereocenters. The fourth-order valence-electron chi connectivity index (χ4n) is 3.36. The lowest BCUT2D eigenvalue weighted by Crippen LogP contribution is -2.22. The molecule has 0 fully saturated rings. The molecule has 1 unspecified atom stereocenters. The summed E-state index contributed by atoms with van der Waals surface area (Å²) in [5.74, 6) is -2.34. The van der Waals surface area contributed by atoms with Crippen molar-refractivity contribution in [3.05, 3.63) is 87.4 Å². The van der Waals surface area contributed by atoms with E-state index in [1.165, 1.54) is 19.1 Å². The van der Waals surface area contributed by atoms with E-state index in [0.29, 0.717) is 0 Å². The molecule has 3 rings (SSSR count). The lowest BCUT2D eigenvalue weighted by atomic mass is 9.87. The SMILES string of the molecule is CCOC(=O)c1c(C(F)(F)F)nc(C(F)F)c(C(F)c2ccc(Cl)cc2)c1-c1ccc(F)cc1. The summed E-state index contributed by atoms with van der Waals surface area (Å²) < 4.78 is 104. The fourth-order valence-corrected chi connectivity index (χ4v) is 3.49. The second kappa shape index (κ2) is 10.0. The summed E-state index contributed by atoms with van der Waals surface area (Å²) in [4.78, 5) is 15.6. The minimum Gasteiger partial charge on any atom is -0.462 e. The second-order valence-electron chi connectivity index (χ2n) is 6.95. The van der Waals surface area contributed by atoms with Crippen molar-refractivity contribution in [3.8, 4) is 11.1 Å². The van der Waals surface area contributed by atoms with Gasteiger partial charge in [-0.15, -0.1) is 0 Å². The normalized spacial score (nSPS) is 12.6. The van der Waals surface area contributed by atoms with Gasteiger partial charge in [0.25, 0.3) is 6.43 Å². The van der Waals surface area contributed by atoms with Crippen LogP contribution in [0.2, 0.25) is 5.02 Å². The van der Waals surface area contributed by atoms with Crippen molar-refractivity contribution in [2.45, 2.75) is 25.7 Å². The van der Waals surface area contributed by atoms with Crippen molar-refractivity contribution < 1.29 is 40.3 Å². The van der Waals surface area contributed by atoms with Crippen LogP contribution in [0.5, 0.6) is 0 Å². The number of nitrogens with zero attached hydrogens (tertiary/aromatic N) is 1. The van der Waals surface area contributed by atoms with Gasteiger partial charge in [0.05, 0.1) is 12.2 Å². The molecule has 3 nitrogen and oxygen atoms in total. The molecule has 0 saturated carbocycles. The maximum Gasteiger partial charge on any atom is 0.434 e. The first-order valence-electron chi connectivity index (χ1n) is 9.71. The maximum atomic E-state index is 15.8. The van der Waals surface area contributed by atoms with Gasteiger partial charge < -0.3 is 4.74 Å². The van der Waals surface area contributed by atoms with Crippen molar-refractivity contribution in [3.63, 3.8) is 0 Å². The molecule has 0 aliphatic carbocycles. The van der Waals surface area contributed by atoms with E-state index in [9.17, 15) is 31.1 Å². The Labute approximate surface area is 194 Å². The average Bonchev–Trinajstić information content (AvgIpc) is 2.77. The van der Waals surface area contributed by atoms with Crippen LogP contribution < -0.4 is 0 Å². The standard InChI is InChI=1S/C23H15ClF7NO2/c1-2-34-22(33)17-15(11-5-9-14(25)10-6-11)16(18(26)12-3-7-13(24)8-4-12)19(21(27)28)32-20(17)23(29,30)31/h3-10,18,21H,2H2,1H3. The summed E-state index contributed by atoms with van der Waals surface area (Å²) in [5.41, 5.74) is -7.07. The third-order valence-electron chi connectivity index (χ3n) is 4.77. The van der Waals surface area contributed by atoms with Crippen LogP contribution in [0.1, 0.15) is 52.4 Å². The molecule has 0 bridgehead atoms. The molecule has 1 heterocycles. The summed E-state index contributed by atoms with van der Waals surface area (Å²) in [7, 11) is 0. The Bertz CT molecular complexity index is 1180. The number of ether oxygens (including phenoxy) is 1. The van der Waals surface area contributed by atoms with E-state index in [1.807, 2.05) is 0 Å². The van der Waals surface area contributed by atoms with Gasteiger partial charge in [-0.3, -0.25) is 0 Å². The number of alkyl halides is 6. The third kappa shape index (κ3) is 5.16. The van der Waals surface area contributed by atoms with Crippen molar-refractivity contribution in [2.24, 2.45) is 0 Å². The number of esters is 1. The average molecular weight is 506 g/mol. The molecule has 34 heavy (non-hydrogen) atoms. The van der Waals surface area contributed by atoms with Gasteiger partial charge in [0, 0.05) is 16.1 Å². The van der Waals surface area contributed by atoms with Crippen LogP contribution >= 0.6 is 11.6 Å². The zero-order valence-electron chi connectivity index (χ0n) is 17.3. The van der Waals surface area contributed by atoms with Gasteiger partial charge in [-0.25, -0.2) is 27.3 Å². The Kier molecular flexibility index (Phi) is 7.50. The highest BCUT2D eigenvalue weighted by atomic mass is 35.5. The zero-order chi connectivity index (χ0) is 25.2. The molecule has 0 radical (unpaired) electrons. The Morgan fingerprint density at radius 2 is 1.62 bits per heavy atom. The number of aromatic nitrogens is 1. The smallest absolute Gasteiger partial charge is 0.434 e. The van der Waals surface area contributed by atoms with Gasteiger partial charge in [0.1, 0.15) is 11.5 Å². The highest BCUT2D eigenvalue weighted by molar-refractivity contribution is 6.30. The Balaban J connectivity index is 2.51. The molecular weight excluding hydrogens is 491 g/mol. The van der Waals surface area contributed by atoms with Gasteiger partial charge >= 0.3 is 12.1 Å². The summed E-state index contributed by atoms with van der Waals surface area (Å²) in [6.45, 7) is 0.956. The molecule has 0 saturated heterocycles. The first-order valence-corrected chi connectivity index (χ1v) is 10.1. The first kappa shape index (κ1) is 25.5. The van der Waals surface area contributed by atoms with E-state index in [0.717, 1.165) is 36.4 Å². The molecule has 3 aromatic rings. The summed E-state index contributed by atoms with van der Waals surface area (Å²) in [5, 5.41) is 0.196. The van der Waals surface area contributed by atoms with Crippen molar-refractivity contribution in [1.29, 1.82) is 0 Å². The lowest BCUT2D eigenvalue weighted by Gasteiger charge is -2.24. The van der Waals surface area contributed by atoms with Gasteiger partial charge in [-0.2, -0.15) is 13.2 Å². The maximum absolute atomic E-state index is 15.8. The first-order chi connectivity index (χ1) is 16.0. The highest BCUT2D eigenvalue weighted by Crippen LogP contribution is 2.45. The molecule has 11 heteroatoms. The highest BCUT2D eigenvalue weighted by Gasteiger charge is 2.43. The molecule has 180 valence electrons. The van der Waals surface area contributed by atoms with Crippen molar-refractivity contribution in [1.82, 2.24) is 4.98 Å². The molecule has 1 aromatic heterocycles. The van der Waals surface area contributed by atoms with Crippen LogP contribution in [0.25, 0.3) is 11.1 Å². The Hall–Kier alpha value is -3.14. The van der Waals surface area contributed by atoms with Crippen LogP contribution in [0, 0.1) is 5.82 Å². The molecular formula is C23H15ClF7NO2. The van der Waals surface area contributed by atoms with E-state index in [2.05, 4.69) is 4.98 Å². The van der Waals surface area contributed by atoms with Crippen LogP contribution in [-0.4, -0.2) is 17.6 Å². The predicted molar refractivity (Wildman–Crippen MR) is 110 cm³/mol. The number of hydrogen-bond acceptors (Lipinski definition) is 3. The number of benzene rings is 2. The minimum absolute atomic E-state index is 0.196. The molecule has 0 N–H and O–H groups in total. The number of pyridine rings is 1. The van der Waals surface area contributed by atoms with Crippen LogP contribution in [0.4, 0.5) is 30.7 Å². The van der Waals surface area contributed by atoms with Gasteiger partial charge in [0.2, 0.25) is 0 Å². The van der Waals surface area contributed by atoms with Crippen molar-refractivity contribution in [2.75, 3.05) is 6.61 Å². The van der Waals surface area contributed by atoms with Crippen LogP contribution in [0.3, 0.4) is 0 Å². The quantitative estimate of drug-likeness (QED) is 0.254. The van der Waals surface area contributed by atoms with E-state index in [1.54, 1.807) is 0 Å². The molecule has 0 spiro atoms. The van der Waals surface area contributed by atoms with Gasteiger partial charge in [0.15, 0.2) is 11.9 Å². The molecule has 2 aromatic carbocycles. The molecule has 0 aliphatic heterocycles. The number of carbonyl (C=O) groups is 1. The van der Waals surface area contributed by atoms with Gasteiger partial charge in [-0.1, -0.05) is 35.9 Å². The van der Waals surface area contributed by atoms with E-state index >= 15 is 4.39 Å². The topological polar surface area (TPSA) is 39.2 Å². The third-order valence-corrected chi connectivity index (χ3v) is 5.02. The van der Waals surface area contributed by atoms with E-state index < -0.39 is 58.6 Å². The summed E-state index contributed by atoms with van der Waals surface area (Å²) >= 11 is 5.78. The van der Waals surface area contributed by atoms with Gasteiger partial charge in [-0.05, 0) is 42.3 Å². The fraction of sp³-hybridized carbons (Fsp3) is 0.217. The minimum atomic E-state index is -5.37. The Morgan fingerprint density at radius 3 is 2.12 bits per heavy atom. The summed E-state index contributed by atoms with van der Waals surface area (Å²) in [6, 6.07) is 8.37. The lowest BCUT2D eigenvalue weighted by molar-refractivity contribution is -0.142. The summed E-state index contributed by atoms with van der Waals surface area (Å²) in [6.07, 6.45) is -11.5. The molecule has 0 aliphatic rings. The number of carbonyl (C=O) groups excluding carboxylic acids is 1. The van der Waals surface area contributed by atoms with E-state index in [4.69, 9.17) is 16.3 Å².